The van der Waals surface area contributed by atoms with Gasteiger partial charge in [-0.25, -0.2) is 10.9 Å². The van der Waals surface area contributed by atoms with Crippen molar-refractivity contribution in [2.24, 2.45) is 5.84 Å². The molecule has 0 bridgehead atoms. The molecule has 9 heteroatoms. The van der Waals surface area contributed by atoms with Crippen molar-refractivity contribution in [1.29, 1.82) is 0 Å². The van der Waals surface area contributed by atoms with Gasteiger partial charge in [0.25, 0.3) is 0 Å². The maximum Gasteiger partial charge on any atom is 0.184 e. The molecule has 6 nitrogen and oxygen atoms in total. The zero-order valence-electron chi connectivity index (χ0n) is 9.36. The van der Waals surface area contributed by atoms with Crippen LogP contribution in [0.25, 0.3) is 0 Å². The Morgan fingerprint density at radius 1 is 1.47 bits per heavy atom. The Morgan fingerprint density at radius 2 is 1.87 bits per heavy atom. The zero-order chi connectivity index (χ0) is 11.9. The smallest absolute Gasteiger partial charge is 0.184 e. The molecule has 0 amide bonds. The van der Waals surface area contributed by atoms with Crippen LogP contribution in [-0.2, 0) is 11.8 Å². The Kier molecular flexibility index (Phi) is 4.15. The molecule has 0 unspecified atom stereocenters. The quantitative estimate of drug-likeness (QED) is 0.280. The van der Waals surface area contributed by atoms with Crippen molar-refractivity contribution in [1.82, 2.24) is 25.2 Å². The van der Waals surface area contributed by atoms with Gasteiger partial charge in [0, 0.05) is 21.1 Å². The summed E-state index contributed by atoms with van der Waals surface area (Å²) in [6.07, 6.45) is 0. The van der Waals surface area contributed by atoms with Gasteiger partial charge in [0.2, 0.25) is 0 Å². The first-order chi connectivity index (χ1) is 6.76. The molecule has 1 fully saturated rings. The normalized spacial score (nSPS) is 39.9. The second kappa shape index (κ2) is 4.52. The Bertz CT molecular complexity index is 271. The van der Waals surface area contributed by atoms with Crippen molar-refractivity contribution in [3.8, 4) is 0 Å². The van der Waals surface area contributed by atoms with Gasteiger partial charge in [0.15, 0.2) is 6.49 Å². The van der Waals surface area contributed by atoms with Crippen LogP contribution < -0.4 is 16.7 Å². The molecule has 0 atom stereocenters. The minimum absolute atomic E-state index is 0.399. The van der Waals surface area contributed by atoms with Crippen LogP contribution in [0.15, 0.2) is 0 Å². The number of nitrogens with two attached hydrogens (primary N) is 1. The van der Waals surface area contributed by atoms with E-state index in [2.05, 4.69) is 10.9 Å². The van der Waals surface area contributed by atoms with E-state index in [1.54, 1.807) is 11.8 Å². The fourth-order valence-electron chi connectivity index (χ4n) is 1.55. The Labute approximate surface area is 101 Å². The molecule has 0 aromatic carbocycles. The van der Waals surface area contributed by atoms with E-state index in [-0.39, 0.29) is 0 Å². The molecule has 1 aliphatic heterocycles. The van der Waals surface area contributed by atoms with E-state index in [0.717, 1.165) is 0 Å². The number of halogens is 1. The molecular formula is C6H18ClN6PS. The highest BCUT2D eigenvalue weighted by molar-refractivity contribution is 8.11. The van der Waals surface area contributed by atoms with Crippen molar-refractivity contribution < 1.29 is 0 Å². The first kappa shape index (κ1) is 13.8. The molecule has 15 heavy (non-hydrogen) atoms. The summed E-state index contributed by atoms with van der Waals surface area (Å²) in [4.78, 5) is 0. The molecule has 1 aliphatic rings. The molecule has 1 rings (SSSR count). The van der Waals surface area contributed by atoms with Crippen LogP contribution in [0, 0.1) is 0 Å². The van der Waals surface area contributed by atoms with Crippen LogP contribution in [-0.4, -0.2) is 47.0 Å². The number of nitrogens with zero attached hydrogens (tertiary/aromatic N) is 3. The highest BCUT2D eigenvalue weighted by Crippen LogP contribution is 2.52. The number of hydrazine groups is 3. The molecule has 0 radical (unpaired) electrons. The largest absolute Gasteiger partial charge is 0.263 e. The number of rotatable bonds is 2. The lowest BCUT2D eigenvalue weighted by atomic mass is 10.3. The van der Waals surface area contributed by atoms with E-state index in [1.165, 1.54) is 0 Å². The summed E-state index contributed by atoms with van der Waals surface area (Å²) in [6, 6.07) is 0. The highest BCUT2D eigenvalue weighted by Gasteiger charge is 2.42. The van der Waals surface area contributed by atoms with Gasteiger partial charge < -0.3 is 0 Å². The van der Waals surface area contributed by atoms with E-state index >= 15 is 0 Å². The lowest BCUT2D eigenvalue weighted by Gasteiger charge is -2.52. The monoisotopic (exact) mass is 272 g/mol. The summed E-state index contributed by atoms with van der Waals surface area (Å²) in [5.74, 6) is 6.22. The average molecular weight is 273 g/mol. The van der Waals surface area contributed by atoms with E-state index in [0.29, 0.717) is 5.88 Å². The highest BCUT2D eigenvalue weighted by atomic mass is 35.5. The predicted molar refractivity (Wildman–Crippen MR) is 67.2 cm³/mol. The molecule has 4 N–H and O–H groups in total. The summed E-state index contributed by atoms with van der Waals surface area (Å²) in [7, 11) is 5.53. The maximum absolute atomic E-state index is 5.88. The van der Waals surface area contributed by atoms with Gasteiger partial charge in [0.05, 0.1) is 5.88 Å². The number of nitrogens with one attached hydrogen (secondary N) is 2. The van der Waals surface area contributed by atoms with Gasteiger partial charge in [-0.3, -0.25) is 5.84 Å². The Balaban J connectivity index is 2.96. The summed E-state index contributed by atoms with van der Waals surface area (Å²) in [5, 5.41) is 0. The lowest BCUT2D eigenvalue weighted by molar-refractivity contribution is 0.0937. The van der Waals surface area contributed by atoms with Gasteiger partial charge in [-0.1, -0.05) is 0 Å². The number of hydrogen-bond donors (Lipinski definition) is 3. The molecule has 0 aliphatic carbocycles. The molecular weight excluding hydrogens is 255 g/mol. The van der Waals surface area contributed by atoms with Crippen molar-refractivity contribution in [2.45, 2.75) is 12.6 Å². The van der Waals surface area contributed by atoms with Crippen LogP contribution in [0.3, 0.4) is 0 Å². The van der Waals surface area contributed by atoms with Gasteiger partial charge in [-0.05, 0) is 18.7 Å². The zero-order valence-corrected chi connectivity index (χ0v) is 11.8. The summed E-state index contributed by atoms with van der Waals surface area (Å²) in [5.41, 5.74) is 6.03. The van der Waals surface area contributed by atoms with Crippen LogP contribution in [0.4, 0.5) is 0 Å². The van der Waals surface area contributed by atoms with Crippen molar-refractivity contribution >= 4 is 29.9 Å². The van der Waals surface area contributed by atoms with E-state index in [9.17, 15) is 0 Å². The third-order valence-electron chi connectivity index (χ3n) is 2.28. The second-order valence-electron chi connectivity index (χ2n) is 3.82. The summed E-state index contributed by atoms with van der Waals surface area (Å²) >= 11 is 11.4. The van der Waals surface area contributed by atoms with E-state index in [1.807, 2.05) is 30.6 Å². The Hall–Kier alpha value is 0.700. The molecule has 90 valence electrons. The summed E-state index contributed by atoms with van der Waals surface area (Å²) in [6.45, 7) is -0.170. The molecule has 0 spiro atoms. The lowest BCUT2D eigenvalue weighted by Crippen LogP contribution is -2.70. The second-order valence-corrected chi connectivity index (χ2v) is 8.42. The summed E-state index contributed by atoms with van der Waals surface area (Å²) < 4.78 is 5.28. The Morgan fingerprint density at radius 3 is 2.13 bits per heavy atom. The van der Waals surface area contributed by atoms with Crippen LogP contribution in [0.1, 0.15) is 6.92 Å². The first-order valence-electron chi connectivity index (χ1n) is 4.45. The molecule has 0 saturated carbocycles. The topological polar surface area (TPSA) is 59.8 Å². The third kappa shape index (κ3) is 2.36. The van der Waals surface area contributed by atoms with E-state index < -0.39 is 12.2 Å². The number of alkyl halides is 1. The minimum atomic E-state index is -2.13. The maximum atomic E-state index is 5.88. The fourth-order valence-corrected chi connectivity index (χ4v) is 3.87. The first-order valence-corrected chi connectivity index (χ1v) is 7.65. The average Bonchev–Trinajstić information content (AvgIpc) is 2.13. The predicted octanol–water partition coefficient (Wildman–Crippen LogP) is -0.142. The molecule has 1 heterocycles. The van der Waals surface area contributed by atoms with E-state index in [4.69, 9.17) is 29.3 Å². The van der Waals surface area contributed by atoms with Crippen molar-refractivity contribution in [3.05, 3.63) is 0 Å². The number of hydrogen-bond acceptors (Lipinski definition) is 4. The standard InChI is InChI=1S/C6H18ClN6PS/c1-6(5-7)9-12(3)14(15,11(2)8)13(4)10-6/h9-10H,5,8H2,1-4H3. The van der Waals surface area contributed by atoms with Crippen LogP contribution in [0.5, 0.6) is 0 Å². The van der Waals surface area contributed by atoms with Crippen molar-refractivity contribution in [2.75, 3.05) is 27.0 Å². The van der Waals surface area contributed by atoms with Gasteiger partial charge in [-0.2, -0.15) is 14.3 Å². The van der Waals surface area contributed by atoms with Crippen molar-refractivity contribution in [3.63, 3.8) is 0 Å². The van der Waals surface area contributed by atoms with Crippen LogP contribution >= 0.6 is 18.1 Å². The van der Waals surface area contributed by atoms with Gasteiger partial charge >= 0.3 is 0 Å². The SMILES string of the molecule is CN(N)P1(=S)N(C)NC(C)(CCl)NN1C. The van der Waals surface area contributed by atoms with Crippen LogP contribution in [0.2, 0.25) is 0 Å². The molecule has 1 saturated heterocycles. The minimum Gasteiger partial charge on any atom is -0.263 e. The molecule has 0 aromatic heterocycles. The fraction of sp³-hybridized carbons (Fsp3) is 1.00. The third-order valence-corrected chi connectivity index (χ3v) is 7.64. The van der Waals surface area contributed by atoms with Gasteiger partial charge in [0.1, 0.15) is 5.66 Å². The molecule has 0 aromatic rings. The van der Waals surface area contributed by atoms with Gasteiger partial charge in [-0.15, -0.1) is 11.6 Å².